The molecule has 2 amide bonds. The smallest absolute Gasteiger partial charge is 0.245 e. The van der Waals surface area contributed by atoms with Crippen molar-refractivity contribution in [2.75, 3.05) is 27.2 Å². The number of likely N-dealkylation sites (tertiary alicyclic amines) is 1. The van der Waals surface area contributed by atoms with E-state index in [1.165, 1.54) is 6.08 Å². The highest BCUT2D eigenvalue weighted by molar-refractivity contribution is 5.93. The van der Waals surface area contributed by atoms with Gasteiger partial charge in [0.2, 0.25) is 11.8 Å². The first-order valence-corrected chi connectivity index (χ1v) is 8.01. The maximum absolute atomic E-state index is 12.5. The molecule has 2 rings (SSSR count). The summed E-state index contributed by atoms with van der Waals surface area (Å²) in [5, 5.41) is 2.82. The van der Waals surface area contributed by atoms with Gasteiger partial charge in [-0.1, -0.05) is 36.4 Å². The van der Waals surface area contributed by atoms with E-state index in [2.05, 4.69) is 5.32 Å². The molecule has 1 saturated heterocycles. The quantitative estimate of drug-likeness (QED) is 0.808. The molecule has 1 atom stereocenters. The predicted molar refractivity (Wildman–Crippen MR) is 90.7 cm³/mol. The van der Waals surface area contributed by atoms with Crippen molar-refractivity contribution in [3.05, 3.63) is 48.0 Å². The van der Waals surface area contributed by atoms with Gasteiger partial charge in [0.1, 0.15) is 6.04 Å². The Morgan fingerprint density at radius 1 is 1.35 bits per heavy atom. The second-order valence-corrected chi connectivity index (χ2v) is 6.11. The molecule has 0 aliphatic carbocycles. The highest BCUT2D eigenvalue weighted by atomic mass is 16.2. The number of benzene rings is 1. The number of carbonyl (C=O) groups excluding carboxylic acids is 2. The molecule has 5 nitrogen and oxygen atoms in total. The third-order valence-corrected chi connectivity index (χ3v) is 3.80. The third kappa shape index (κ3) is 5.53. The van der Waals surface area contributed by atoms with Crippen molar-refractivity contribution in [1.29, 1.82) is 0 Å². The van der Waals surface area contributed by atoms with E-state index in [0.29, 0.717) is 19.5 Å². The average molecular weight is 315 g/mol. The molecule has 1 heterocycles. The SMILES string of the molecule is CN(C)C/C=C/C(=O)NC1CCCN(Cc2ccccc2)C1=O. The van der Waals surface area contributed by atoms with Crippen molar-refractivity contribution in [1.82, 2.24) is 15.1 Å². The van der Waals surface area contributed by atoms with E-state index in [1.54, 1.807) is 6.08 Å². The van der Waals surface area contributed by atoms with E-state index >= 15 is 0 Å². The fourth-order valence-corrected chi connectivity index (χ4v) is 2.63. The van der Waals surface area contributed by atoms with E-state index in [9.17, 15) is 9.59 Å². The van der Waals surface area contributed by atoms with Crippen molar-refractivity contribution in [2.45, 2.75) is 25.4 Å². The molecule has 0 bridgehead atoms. The second-order valence-electron chi connectivity index (χ2n) is 6.11. The van der Waals surface area contributed by atoms with E-state index in [0.717, 1.165) is 18.5 Å². The van der Waals surface area contributed by atoms with Crippen molar-refractivity contribution < 1.29 is 9.59 Å². The molecule has 0 aromatic heterocycles. The largest absolute Gasteiger partial charge is 0.341 e. The van der Waals surface area contributed by atoms with Crippen LogP contribution in [-0.2, 0) is 16.1 Å². The van der Waals surface area contributed by atoms with Crippen LogP contribution in [0.5, 0.6) is 0 Å². The second kappa shape index (κ2) is 8.48. The summed E-state index contributed by atoms with van der Waals surface area (Å²) in [6.45, 7) is 2.05. The molecule has 5 heteroatoms. The van der Waals surface area contributed by atoms with Gasteiger partial charge in [0.05, 0.1) is 0 Å². The Morgan fingerprint density at radius 3 is 2.78 bits per heavy atom. The van der Waals surface area contributed by atoms with Crippen LogP contribution in [0.15, 0.2) is 42.5 Å². The molecule has 1 aliphatic heterocycles. The van der Waals surface area contributed by atoms with Crippen molar-refractivity contribution in [3.8, 4) is 0 Å². The Bertz CT molecular complexity index is 555. The van der Waals surface area contributed by atoms with Gasteiger partial charge in [0.25, 0.3) is 0 Å². The number of nitrogens with zero attached hydrogens (tertiary/aromatic N) is 2. The lowest BCUT2D eigenvalue weighted by molar-refractivity contribution is -0.138. The molecule has 1 aromatic carbocycles. The number of carbonyl (C=O) groups is 2. The Labute approximate surface area is 138 Å². The normalized spacial score (nSPS) is 18.7. The minimum absolute atomic E-state index is 0.00876. The van der Waals surface area contributed by atoms with Crippen molar-refractivity contribution in [3.63, 3.8) is 0 Å². The van der Waals surface area contributed by atoms with Crippen LogP contribution < -0.4 is 5.32 Å². The fraction of sp³-hybridized carbons (Fsp3) is 0.444. The van der Waals surface area contributed by atoms with Gasteiger partial charge >= 0.3 is 0 Å². The molecular weight excluding hydrogens is 290 g/mol. The van der Waals surface area contributed by atoms with Gasteiger partial charge in [-0.3, -0.25) is 9.59 Å². The molecule has 23 heavy (non-hydrogen) atoms. The first-order chi connectivity index (χ1) is 11.1. The van der Waals surface area contributed by atoms with Crippen LogP contribution in [0.2, 0.25) is 0 Å². The van der Waals surface area contributed by atoms with Crippen LogP contribution in [0.1, 0.15) is 18.4 Å². The summed E-state index contributed by atoms with van der Waals surface area (Å²) in [4.78, 5) is 28.2. The minimum atomic E-state index is -0.413. The zero-order valence-electron chi connectivity index (χ0n) is 13.9. The van der Waals surface area contributed by atoms with E-state index in [1.807, 2.05) is 54.2 Å². The van der Waals surface area contributed by atoms with E-state index in [4.69, 9.17) is 0 Å². The van der Waals surface area contributed by atoms with Crippen LogP contribution in [0.4, 0.5) is 0 Å². The lowest BCUT2D eigenvalue weighted by atomic mass is 10.0. The summed E-state index contributed by atoms with van der Waals surface area (Å²) < 4.78 is 0. The first-order valence-electron chi connectivity index (χ1n) is 8.01. The van der Waals surface area contributed by atoms with Gasteiger partial charge < -0.3 is 15.1 Å². The predicted octanol–water partition coefficient (Wildman–Crippen LogP) is 1.41. The summed E-state index contributed by atoms with van der Waals surface area (Å²) >= 11 is 0. The lowest BCUT2D eigenvalue weighted by Crippen LogP contribution is -2.51. The molecule has 1 aromatic rings. The zero-order valence-corrected chi connectivity index (χ0v) is 13.9. The Hall–Kier alpha value is -2.14. The van der Waals surface area contributed by atoms with Gasteiger partial charge in [-0.25, -0.2) is 0 Å². The van der Waals surface area contributed by atoms with Crippen LogP contribution in [0.25, 0.3) is 0 Å². The molecule has 0 spiro atoms. The number of hydrogen-bond donors (Lipinski definition) is 1. The maximum atomic E-state index is 12.5. The van der Waals surface area contributed by atoms with E-state index in [-0.39, 0.29) is 11.8 Å². The summed E-state index contributed by atoms with van der Waals surface area (Å²) in [5.74, 6) is -0.193. The van der Waals surface area contributed by atoms with Crippen molar-refractivity contribution in [2.24, 2.45) is 0 Å². The molecule has 1 fully saturated rings. The van der Waals surface area contributed by atoms with Crippen LogP contribution in [-0.4, -0.2) is 54.8 Å². The number of hydrogen-bond acceptors (Lipinski definition) is 3. The highest BCUT2D eigenvalue weighted by Crippen LogP contribution is 2.15. The van der Waals surface area contributed by atoms with Crippen LogP contribution in [0, 0.1) is 0 Å². The van der Waals surface area contributed by atoms with Crippen LogP contribution >= 0.6 is 0 Å². The first kappa shape index (κ1) is 17.2. The van der Waals surface area contributed by atoms with Crippen molar-refractivity contribution >= 4 is 11.8 Å². The number of rotatable bonds is 6. The fourth-order valence-electron chi connectivity index (χ4n) is 2.63. The lowest BCUT2D eigenvalue weighted by Gasteiger charge is -2.32. The van der Waals surface area contributed by atoms with Gasteiger partial charge in [-0.15, -0.1) is 0 Å². The summed E-state index contributed by atoms with van der Waals surface area (Å²) in [6, 6.07) is 9.52. The summed E-state index contributed by atoms with van der Waals surface area (Å²) in [7, 11) is 3.88. The number of amides is 2. The third-order valence-electron chi connectivity index (χ3n) is 3.80. The molecule has 0 saturated carbocycles. The van der Waals surface area contributed by atoms with Crippen LogP contribution in [0.3, 0.4) is 0 Å². The number of piperidine rings is 1. The molecule has 0 radical (unpaired) electrons. The summed E-state index contributed by atoms with van der Waals surface area (Å²) in [5.41, 5.74) is 1.11. The molecule has 124 valence electrons. The molecule has 1 unspecified atom stereocenters. The van der Waals surface area contributed by atoms with E-state index < -0.39 is 6.04 Å². The Kier molecular flexibility index (Phi) is 6.35. The van der Waals surface area contributed by atoms with Gasteiger partial charge in [-0.2, -0.15) is 0 Å². The Morgan fingerprint density at radius 2 is 2.09 bits per heavy atom. The zero-order chi connectivity index (χ0) is 16.7. The van der Waals surface area contributed by atoms with Gasteiger partial charge in [0, 0.05) is 25.7 Å². The molecular formula is C18H25N3O2. The average Bonchev–Trinajstić information content (AvgIpc) is 2.52. The monoisotopic (exact) mass is 315 g/mol. The van der Waals surface area contributed by atoms with Gasteiger partial charge in [0.15, 0.2) is 0 Å². The maximum Gasteiger partial charge on any atom is 0.245 e. The molecule has 1 aliphatic rings. The molecule has 1 N–H and O–H groups in total. The highest BCUT2D eigenvalue weighted by Gasteiger charge is 2.29. The minimum Gasteiger partial charge on any atom is -0.341 e. The number of likely N-dealkylation sites (N-methyl/N-ethyl adjacent to an activating group) is 1. The topological polar surface area (TPSA) is 52.7 Å². The number of nitrogens with one attached hydrogen (secondary N) is 1. The van der Waals surface area contributed by atoms with Gasteiger partial charge in [-0.05, 0) is 32.5 Å². The standard InChI is InChI=1S/C18H25N3O2/c1-20(2)12-7-11-17(22)19-16-10-6-13-21(18(16)23)14-15-8-4-3-5-9-15/h3-5,7-9,11,16H,6,10,12-14H2,1-2H3,(H,19,22)/b11-7+. The Balaban J connectivity index is 1.89. The summed E-state index contributed by atoms with van der Waals surface area (Å²) in [6.07, 6.45) is 4.91.